The monoisotopic (exact) mass is 612 g/mol. The Morgan fingerprint density at radius 1 is 0.867 bits per heavy atom. The summed E-state index contributed by atoms with van der Waals surface area (Å²) >= 11 is 0. The first kappa shape index (κ1) is 30.5. The van der Waals surface area contributed by atoms with Crippen LogP contribution in [0.25, 0.3) is 0 Å². The number of nitrogen functional groups attached to an aromatic ring is 1. The molecule has 3 heterocycles. The fourth-order valence-corrected chi connectivity index (χ4v) is 6.55. The molecule has 3 saturated heterocycles. The van der Waals surface area contributed by atoms with Crippen LogP contribution in [0.1, 0.15) is 62.3 Å². The molecule has 0 aliphatic carbocycles. The third kappa shape index (κ3) is 6.91. The smallest absolute Gasteiger partial charge is 0.410 e. The number of carbonyl (C=O) groups excluding carboxylic acids is 4. The van der Waals surface area contributed by atoms with Crippen LogP contribution in [0.5, 0.6) is 0 Å². The number of piperidine rings is 2. The Morgan fingerprint density at radius 3 is 2.20 bits per heavy atom. The molecule has 1 spiro atoms. The van der Waals surface area contributed by atoms with E-state index in [1.807, 2.05) is 12.1 Å². The lowest BCUT2D eigenvalue weighted by Gasteiger charge is -2.37. The van der Waals surface area contributed by atoms with Gasteiger partial charge in [0, 0.05) is 73.9 Å². The van der Waals surface area contributed by atoms with Crippen LogP contribution in [0, 0.1) is 11.7 Å². The average molecular weight is 613 g/mol. The first-order valence-electron chi connectivity index (χ1n) is 15.5. The van der Waals surface area contributed by atoms with Crippen molar-refractivity contribution in [2.45, 2.75) is 37.8 Å². The first-order chi connectivity index (χ1) is 21.7. The van der Waals surface area contributed by atoms with Crippen molar-refractivity contribution in [1.82, 2.24) is 14.7 Å². The van der Waals surface area contributed by atoms with E-state index in [0.29, 0.717) is 93.9 Å². The number of hydrogen-bond acceptors (Lipinski definition) is 7. The number of ketones is 2. The molecule has 3 aliphatic heterocycles. The van der Waals surface area contributed by atoms with Gasteiger partial charge in [-0.25, -0.2) is 9.18 Å². The standard InChI is InChI=1S/C35H37FN4O5/c36-29-10-8-25(9-11-29)32(42)26-12-16-39(17-13-26)33(43)27-6-4-24(5-7-27)21-40-23-35(45-34(40)44)14-18-38(19-15-35)22-31(41)28-2-1-3-30(37)20-28/h1-11,20,26H,12-19,21-23,37H2. The molecule has 3 aromatic rings. The summed E-state index contributed by atoms with van der Waals surface area (Å²) in [5.74, 6) is -0.640. The van der Waals surface area contributed by atoms with Gasteiger partial charge in [-0.05, 0) is 66.9 Å². The maximum Gasteiger partial charge on any atom is 0.410 e. The van der Waals surface area contributed by atoms with Crippen LogP contribution in [0.15, 0.2) is 72.8 Å². The fraction of sp³-hybridized carbons (Fsp3) is 0.371. The van der Waals surface area contributed by atoms with Gasteiger partial charge in [-0.15, -0.1) is 0 Å². The van der Waals surface area contributed by atoms with Crippen LogP contribution in [0.3, 0.4) is 0 Å². The summed E-state index contributed by atoms with van der Waals surface area (Å²) in [6, 6.07) is 19.9. The van der Waals surface area contributed by atoms with Gasteiger partial charge in [-0.1, -0.05) is 24.3 Å². The molecule has 2 N–H and O–H groups in total. The van der Waals surface area contributed by atoms with Crippen molar-refractivity contribution in [3.05, 3.63) is 101 Å². The molecule has 2 amide bonds. The van der Waals surface area contributed by atoms with Gasteiger partial charge in [0.25, 0.3) is 5.91 Å². The fourth-order valence-electron chi connectivity index (χ4n) is 6.55. The van der Waals surface area contributed by atoms with Crippen molar-refractivity contribution >= 4 is 29.3 Å². The minimum atomic E-state index is -0.562. The van der Waals surface area contributed by atoms with E-state index in [0.717, 1.165) is 5.56 Å². The zero-order chi connectivity index (χ0) is 31.6. The summed E-state index contributed by atoms with van der Waals surface area (Å²) in [6.45, 7) is 3.43. The highest BCUT2D eigenvalue weighted by atomic mass is 19.1. The highest BCUT2D eigenvalue weighted by Crippen LogP contribution is 2.34. The van der Waals surface area contributed by atoms with E-state index in [1.165, 1.54) is 24.3 Å². The summed E-state index contributed by atoms with van der Waals surface area (Å²) in [7, 11) is 0. The maximum atomic E-state index is 13.2. The third-order valence-electron chi connectivity index (χ3n) is 9.24. The zero-order valence-electron chi connectivity index (χ0n) is 25.1. The summed E-state index contributed by atoms with van der Waals surface area (Å²) in [4.78, 5) is 57.0. The number of benzene rings is 3. The molecule has 0 atom stereocenters. The number of amides is 2. The van der Waals surface area contributed by atoms with Crippen molar-refractivity contribution in [2.75, 3.05) is 45.0 Å². The van der Waals surface area contributed by atoms with Crippen LogP contribution < -0.4 is 5.73 Å². The van der Waals surface area contributed by atoms with E-state index in [2.05, 4.69) is 4.90 Å². The topological polar surface area (TPSA) is 113 Å². The Labute approximate surface area is 261 Å². The maximum absolute atomic E-state index is 13.2. The van der Waals surface area contributed by atoms with Gasteiger partial charge in [0.1, 0.15) is 11.4 Å². The van der Waals surface area contributed by atoms with Crippen molar-refractivity contribution in [2.24, 2.45) is 5.92 Å². The molecule has 0 radical (unpaired) electrons. The second-order valence-electron chi connectivity index (χ2n) is 12.4. The van der Waals surface area contributed by atoms with Gasteiger partial charge < -0.3 is 15.4 Å². The quantitative estimate of drug-likeness (QED) is 0.287. The van der Waals surface area contributed by atoms with Crippen LogP contribution in [0.4, 0.5) is 14.9 Å². The molecule has 0 bridgehead atoms. The lowest BCUT2D eigenvalue weighted by molar-refractivity contribution is 0.00151. The Morgan fingerprint density at radius 2 is 1.53 bits per heavy atom. The van der Waals surface area contributed by atoms with Crippen LogP contribution >= 0.6 is 0 Å². The highest BCUT2D eigenvalue weighted by Gasteiger charge is 2.47. The minimum Gasteiger partial charge on any atom is -0.441 e. The Balaban J connectivity index is 0.973. The van der Waals surface area contributed by atoms with Crippen LogP contribution in [-0.4, -0.2) is 83.1 Å². The van der Waals surface area contributed by atoms with Crippen molar-refractivity contribution in [3.8, 4) is 0 Å². The molecule has 3 aliphatic rings. The van der Waals surface area contributed by atoms with Crippen molar-refractivity contribution in [1.29, 1.82) is 0 Å². The second kappa shape index (κ2) is 12.8. The summed E-state index contributed by atoms with van der Waals surface area (Å²) < 4.78 is 19.1. The Bertz CT molecular complexity index is 1580. The third-order valence-corrected chi connectivity index (χ3v) is 9.24. The molecule has 0 saturated carbocycles. The van der Waals surface area contributed by atoms with E-state index in [1.54, 1.807) is 46.2 Å². The minimum absolute atomic E-state index is 0.0108. The molecule has 6 rings (SSSR count). The van der Waals surface area contributed by atoms with Crippen molar-refractivity contribution in [3.63, 3.8) is 0 Å². The Kier molecular flexibility index (Phi) is 8.67. The molecule has 10 heteroatoms. The molecule has 45 heavy (non-hydrogen) atoms. The Hall–Kier alpha value is -4.57. The number of anilines is 1. The van der Waals surface area contributed by atoms with Gasteiger partial charge in [-0.2, -0.15) is 0 Å². The molecule has 0 unspecified atom stereocenters. The predicted molar refractivity (Wildman–Crippen MR) is 166 cm³/mol. The summed E-state index contributed by atoms with van der Waals surface area (Å²) in [5.41, 5.74) is 8.37. The molecule has 9 nitrogen and oxygen atoms in total. The molecule has 3 fully saturated rings. The molecular formula is C35H37FN4O5. The number of halogens is 1. The van der Waals surface area contributed by atoms with Gasteiger partial charge in [0.2, 0.25) is 0 Å². The summed E-state index contributed by atoms with van der Waals surface area (Å²) in [5, 5.41) is 0. The number of carbonyl (C=O) groups is 4. The van der Waals surface area contributed by atoms with E-state index in [9.17, 15) is 23.6 Å². The van der Waals surface area contributed by atoms with Gasteiger partial charge >= 0.3 is 6.09 Å². The largest absolute Gasteiger partial charge is 0.441 e. The van der Waals surface area contributed by atoms with E-state index < -0.39 is 5.60 Å². The summed E-state index contributed by atoms with van der Waals surface area (Å²) in [6.07, 6.45) is 2.08. The van der Waals surface area contributed by atoms with E-state index in [-0.39, 0.29) is 35.3 Å². The van der Waals surface area contributed by atoms with Gasteiger partial charge in [0.05, 0.1) is 13.1 Å². The van der Waals surface area contributed by atoms with Gasteiger partial charge in [0.15, 0.2) is 11.6 Å². The lowest BCUT2D eigenvalue weighted by Crippen LogP contribution is -2.48. The number of rotatable bonds is 8. The number of likely N-dealkylation sites (tertiary alicyclic amines) is 2. The van der Waals surface area contributed by atoms with E-state index in [4.69, 9.17) is 10.5 Å². The number of ether oxygens (including phenoxy) is 1. The highest BCUT2D eigenvalue weighted by molar-refractivity contribution is 5.99. The SMILES string of the molecule is Nc1cccc(C(=O)CN2CCC3(CC2)CN(Cc2ccc(C(=O)N4CCC(C(=O)c5ccc(F)cc5)CC4)cc2)C(=O)O3)c1. The first-order valence-corrected chi connectivity index (χ1v) is 15.5. The van der Waals surface area contributed by atoms with E-state index >= 15 is 0 Å². The number of nitrogens with two attached hydrogens (primary N) is 1. The molecule has 3 aromatic carbocycles. The average Bonchev–Trinajstić information content (AvgIpc) is 3.35. The second-order valence-corrected chi connectivity index (χ2v) is 12.4. The predicted octanol–water partition coefficient (Wildman–Crippen LogP) is 4.81. The number of Topliss-reactive ketones (excluding diaryl/α,β-unsaturated/α-hetero) is 2. The van der Waals surface area contributed by atoms with Crippen LogP contribution in [0.2, 0.25) is 0 Å². The zero-order valence-corrected chi connectivity index (χ0v) is 25.1. The molecular weight excluding hydrogens is 575 g/mol. The molecule has 234 valence electrons. The number of nitrogens with zero attached hydrogens (tertiary/aromatic N) is 3. The molecule has 0 aromatic heterocycles. The van der Waals surface area contributed by atoms with Crippen LogP contribution in [-0.2, 0) is 11.3 Å². The number of hydrogen-bond donors (Lipinski definition) is 1. The lowest BCUT2D eigenvalue weighted by atomic mass is 9.88. The van der Waals surface area contributed by atoms with Crippen molar-refractivity contribution < 1.29 is 28.3 Å². The normalized spacial score (nSPS) is 18.6. The van der Waals surface area contributed by atoms with Gasteiger partial charge in [-0.3, -0.25) is 24.2 Å².